The maximum atomic E-state index is 12.2. The summed E-state index contributed by atoms with van der Waals surface area (Å²) in [5.41, 5.74) is 0. The summed E-state index contributed by atoms with van der Waals surface area (Å²) in [6.07, 6.45) is -0.0488. The van der Waals surface area contributed by atoms with Gasteiger partial charge in [0.05, 0.1) is 18.1 Å². The molecule has 2 N–H and O–H groups in total. The number of ether oxygens (including phenoxy) is 1. The molecule has 138 valence electrons. The molecule has 1 aliphatic heterocycles. The van der Waals surface area contributed by atoms with Crippen molar-refractivity contribution in [2.75, 3.05) is 32.8 Å². The maximum absolute atomic E-state index is 12.2. The average molecular weight is 369 g/mol. The number of morpholine rings is 1. The Bertz CT molecular complexity index is 687. The second kappa shape index (κ2) is 8.93. The van der Waals surface area contributed by atoms with Crippen molar-refractivity contribution in [1.29, 1.82) is 0 Å². The number of amides is 2. The van der Waals surface area contributed by atoms with Crippen LogP contribution in [0.25, 0.3) is 0 Å². The van der Waals surface area contributed by atoms with Gasteiger partial charge in [-0.1, -0.05) is 18.2 Å². The fourth-order valence-corrected chi connectivity index (χ4v) is 3.47. The van der Waals surface area contributed by atoms with Crippen LogP contribution in [0.2, 0.25) is 0 Å². The Kier molecular flexibility index (Phi) is 6.91. The molecule has 1 aliphatic rings. The van der Waals surface area contributed by atoms with Crippen molar-refractivity contribution in [2.45, 2.75) is 24.3 Å². The van der Waals surface area contributed by atoms with E-state index in [9.17, 15) is 18.0 Å². The molecule has 1 atom stereocenters. The zero-order valence-corrected chi connectivity index (χ0v) is 14.9. The van der Waals surface area contributed by atoms with Gasteiger partial charge in [0.1, 0.15) is 6.04 Å². The molecular formula is C16H23N3O5S. The standard InChI is InChI=1S/C16H23N3O5S/c1-13(16(21)19-9-11-24-12-10-19)18-15(20)7-8-17-25(22,23)14-5-3-2-4-6-14/h2-6,13,17H,7-12H2,1H3,(H,18,20). The number of nitrogens with one attached hydrogen (secondary N) is 2. The van der Waals surface area contributed by atoms with Gasteiger partial charge in [-0.15, -0.1) is 0 Å². The lowest BCUT2D eigenvalue weighted by atomic mass is 10.2. The zero-order chi connectivity index (χ0) is 18.3. The highest BCUT2D eigenvalue weighted by atomic mass is 32.2. The third kappa shape index (κ3) is 5.80. The van der Waals surface area contributed by atoms with E-state index < -0.39 is 16.1 Å². The molecule has 1 unspecified atom stereocenters. The number of nitrogens with zero attached hydrogens (tertiary/aromatic N) is 1. The Morgan fingerprint density at radius 2 is 1.84 bits per heavy atom. The Labute approximate surface area is 147 Å². The monoisotopic (exact) mass is 369 g/mol. The second-order valence-electron chi connectivity index (χ2n) is 5.69. The highest BCUT2D eigenvalue weighted by Gasteiger charge is 2.23. The summed E-state index contributed by atoms with van der Waals surface area (Å²) in [6, 6.07) is 7.27. The van der Waals surface area contributed by atoms with Crippen LogP contribution >= 0.6 is 0 Å². The minimum atomic E-state index is -3.64. The van der Waals surface area contributed by atoms with Crippen LogP contribution in [0, 0.1) is 0 Å². The van der Waals surface area contributed by atoms with Gasteiger partial charge in [0.15, 0.2) is 0 Å². The van der Waals surface area contributed by atoms with E-state index in [4.69, 9.17) is 4.74 Å². The summed E-state index contributed by atoms with van der Waals surface area (Å²) in [5.74, 6) is -0.550. The number of carbonyl (C=O) groups is 2. The number of rotatable bonds is 7. The molecule has 0 bridgehead atoms. The molecule has 2 rings (SSSR count). The van der Waals surface area contributed by atoms with Crippen molar-refractivity contribution in [1.82, 2.24) is 14.9 Å². The zero-order valence-electron chi connectivity index (χ0n) is 14.1. The Hall–Kier alpha value is -1.97. The highest BCUT2D eigenvalue weighted by Crippen LogP contribution is 2.06. The molecule has 0 aliphatic carbocycles. The normalized spacial score (nSPS) is 16.3. The topological polar surface area (TPSA) is 105 Å². The molecule has 1 saturated heterocycles. The summed E-state index contributed by atoms with van der Waals surface area (Å²) in [7, 11) is -3.64. The third-order valence-electron chi connectivity index (χ3n) is 3.77. The van der Waals surface area contributed by atoms with Crippen LogP contribution in [0.3, 0.4) is 0 Å². The lowest BCUT2D eigenvalue weighted by Crippen LogP contribution is -2.50. The van der Waals surface area contributed by atoms with Crippen LogP contribution in [0.1, 0.15) is 13.3 Å². The number of hydrogen-bond donors (Lipinski definition) is 2. The summed E-state index contributed by atoms with van der Waals surface area (Å²) in [5, 5.41) is 2.60. The fraction of sp³-hybridized carbons (Fsp3) is 0.500. The Balaban J connectivity index is 1.75. The molecule has 1 aromatic rings. The number of hydrogen-bond acceptors (Lipinski definition) is 5. The van der Waals surface area contributed by atoms with Gasteiger partial charge in [0.25, 0.3) is 0 Å². The first-order valence-electron chi connectivity index (χ1n) is 8.11. The number of benzene rings is 1. The Morgan fingerprint density at radius 3 is 2.48 bits per heavy atom. The summed E-state index contributed by atoms with van der Waals surface area (Å²) < 4.78 is 31.6. The minimum Gasteiger partial charge on any atom is -0.378 e. The van der Waals surface area contributed by atoms with Crippen molar-refractivity contribution in [3.05, 3.63) is 30.3 Å². The molecule has 0 aromatic heterocycles. The van der Waals surface area contributed by atoms with Gasteiger partial charge in [0, 0.05) is 26.1 Å². The highest BCUT2D eigenvalue weighted by molar-refractivity contribution is 7.89. The van der Waals surface area contributed by atoms with Gasteiger partial charge >= 0.3 is 0 Å². The summed E-state index contributed by atoms with van der Waals surface area (Å²) in [4.78, 5) is 25.9. The quantitative estimate of drug-likeness (QED) is 0.688. The largest absolute Gasteiger partial charge is 0.378 e. The molecule has 0 spiro atoms. The molecule has 2 amide bonds. The number of carbonyl (C=O) groups excluding carboxylic acids is 2. The van der Waals surface area contributed by atoms with E-state index in [0.29, 0.717) is 26.3 Å². The van der Waals surface area contributed by atoms with E-state index in [1.165, 1.54) is 12.1 Å². The minimum absolute atomic E-state index is 0.0402. The maximum Gasteiger partial charge on any atom is 0.245 e. The molecule has 1 fully saturated rings. The van der Waals surface area contributed by atoms with Crippen molar-refractivity contribution in [3.63, 3.8) is 0 Å². The smallest absolute Gasteiger partial charge is 0.245 e. The predicted molar refractivity (Wildman–Crippen MR) is 91.3 cm³/mol. The summed E-state index contributed by atoms with van der Waals surface area (Å²) >= 11 is 0. The Morgan fingerprint density at radius 1 is 1.20 bits per heavy atom. The molecule has 25 heavy (non-hydrogen) atoms. The van der Waals surface area contributed by atoms with Gasteiger partial charge in [-0.05, 0) is 19.1 Å². The van der Waals surface area contributed by atoms with Crippen molar-refractivity contribution in [2.24, 2.45) is 0 Å². The van der Waals surface area contributed by atoms with Crippen molar-refractivity contribution in [3.8, 4) is 0 Å². The van der Waals surface area contributed by atoms with Crippen LogP contribution < -0.4 is 10.0 Å². The van der Waals surface area contributed by atoms with E-state index >= 15 is 0 Å². The van der Waals surface area contributed by atoms with Crippen LogP contribution in [0.4, 0.5) is 0 Å². The average Bonchev–Trinajstić information content (AvgIpc) is 2.62. The van der Waals surface area contributed by atoms with Gasteiger partial charge in [-0.3, -0.25) is 9.59 Å². The first-order valence-corrected chi connectivity index (χ1v) is 9.59. The molecular weight excluding hydrogens is 346 g/mol. The van der Waals surface area contributed by atoms with Crippen LogP contribution in [-0.4, -0.2) is 64.0 Å². The first-order chi connectivity index (χ1) is 11.9. The van der Waals surface area contributed by atoms with Gasteiger partial charge in [0.2, 0.25) is 21.8 Å². The van der Waals surface area contributed by atoms with Gasteiger partial charge < -0.3 is 15.0 Å². The fourth-order valence-electron chi connectivity index (χ4n) is 2.41. The molecule has 1 aromatic carbocycles. The first kappa shape index (κ1) is 19.4. The number of sulfonamides is 1. The van der Waals surface area contributed by atoms with E-state index in [1.54, 1.807) is 30.0 Å². The predicted octanol–water partition coefficient (Wildman–Crippen LogP) is -0.281. The van der Waals surface area contributed by atoms with Crippen molar-refractivity contribution >= 4 is 21.8 Å². The van der Waals surface area contributed by atoms with Gasteiger partial charge in [-0.2, -0.15) is 0 Å². The van der Waals surface area contributed by atoms with E-state index in [-0.39, 0.29) is 29.7 Å². The lowest BCUT2D eigenvalue weighted by molar-refractivity contribution is -0.139. The third-order valence-corrected chi connectivity index (χ3v) is 5.25. The molecule has 9 heteroatoms. The second-order valence-corrected chi connectivity index (χ2v) is 7.45. The van der Waals surface area contributed by atoms with Gasteiger partial charge in [-0.25, -0.2) is 13.1 Å². The van der Waals surface area contributed by atoms with Crippen LogP contribution in [0.15, 0.2) is 35.2 Å². The molecule has 1 heterocycles. The van der Waals surface area contributed by atoms with Crippen molar-refractivity contribution < 1.29 is 22.7 Å². The van der Waals surface area contributed by atoms with E-state index in [1.807, 2.05) is 0 Å². The SMILES string of the molecule is CC(NC(=O)CCNS(=O)(=O)c1ccccc1)C(=O)N1CCOCC1. The molecule has 8 nitrogen and oxygen atoms in total. The van der Waals surface area contributed by atoms with E-state index in [2.05, 4.69) is 10.0 Å². The van der Waals surface area contributed by atoms with E-state index in [0.717, 1.165) is 0 Å². The van der Waals surface area contributed by atoms with Crippen LogP contribution in [-0.2, 0) is 24.3 Å². The summed E-state index contributed by atoms with van der Waals surface area (Å²) in [6.45, 7) is 3.58. The lowest BCUT2D eigenvalue weighted by Gasteiger charge is -2.29. The molecule has 0 radical (unpaired) electrons. The van der Waals surface area contributed by atoms with Crippen LogP contribution in [0.5, 0.6) is 0 Å². The molecule has 0 saturated carbocycles.